The number of alkyl halides is 2. The third kappa shape index (κ3) is 2.70. The van der Waals surface area contributed by atoms with Crippen LogP contribution in [0.2, 0.25) is 0 Å². The van der Waals surface area contributed by atoms with Gasteiger partial charge in [-0.25, -0.2) is 4.39 Å². The fraction of sp³-hybridized carbons (Fsp3) is 0.720. The molecule has 4 aliphatic carbocycles. The molecular formula is C25H30ClFO6. The average Bonchev–Trinajstić information content (AvgIpc) is 3.40. The Kier molecular flexibility index (Phi) is 4.91. The van der Waals surface area contributed by atoms with Crippen LogP contribution in [-0.2, 0) is 19.1 Å². The van der Waals surface area contributed by atoms with Gasteiger partial charge in [-0.15, -0.1) is 11.6 Å². The number of aliphatic hydroxyl groups is 1. The summed E-state index contributed by atoms with van der Waals surface area (Å²) in [6.07, 6.45) is 2.78. The SMILES string of the molecule is CC(CC(=O)O)C1=C[C@@]2(C)C(=CC1=O)[C@@H](F)C[C@H]1[C@@H]3CC[C@](O)(C(=O)CCl)[C@@]3(C)CC3OC312. The van der Waals surface area contributed by atoms with Crippen molar-refractivity contribution in [1.29, 1.82) is 0 Å². The molecule has 33 heavy (non-hydrogen) atoms. The summed E-state index contributed by atoms with van der Waals surface area (Å²) >= 11 is 5.84. The smallest absolute Gasteiger partial charge is 0.303 e. The number of epoxide rings is 1. The van der Waals surface area contributed by atoms with E-state index in [4.69, 9.17) is 16.3 Å². The molecular weight excluding hydrogens is 451 g/mol. The van der Waals surface area contributed by atoms with Crippen molar-refractivity contribution < 1.29 is 33.7 Å². The first-order valence-electron chi connectivity index (χ1n) is 11.7. The summed E-state index contributed by atoms with van der Waals surface area (Å²) in [7, 11) is 0. The predicted molar refractivity (Wildman–Crippen MR) is 117 cm³/mol. The zero-order valence-electron chi connectivity index (χ0n) is 19.1. The Bertz CT molecular complexity index is 1020. The molecule has 6 nitrogen and oxygen atoms in total. The standard InChI is InChI=1S/C25H30ClFO6/c1-12(6-21(30)31)13-9-23(3)16(8-18(13)28)17(27)7-15-14-4-5-24(32,19(29)11-26)22(14,2)10-20-25(15,23)33-20/h8-9,12,14-15,17,20,32H,4-7,10-11H2,1-3H3,(H,30,31)/t12?,14-,15-,17-,20?,22-,23-,24-,25?/m0/s1. The fourth-order valence-corrected chi connectivity index (χ4v) is 8.32. The molecule has 8 heteroatoms. The summed E-state index contributed by atoms with van der Waals surface area (Å²) in [5.74, 6) is -2.88. The number of carbonyl (C=O) groups is 3. The molecule has 0 radical (unpaired) electrons. The summed E-state index contributed by atoms with van der Waals surface area (Å²) in [6, 6.07) is 0. The maximum Gasteiger partial charge on any atom is 0.303 e. The normalized spacial score (nSPS) is 48.5. The Morgan fingerprint density at radius 2 is 2.03 bits per heavy atom. The van der Waals surface area contributed by atoms with Crippen molar-refractivity contribution >= 4 is 29.1 Å². The molecule has 5 rings (SSSR count). The second-order valence-corrected chi connectivity index (χ2v) is 11.4. The predicted octanol–water partition coefficient (Wildman–Crippen LogP) is 3.39. The number of ketones is 2. The van der Waals surface area contributed by atoms with Crippen LogP contribution in [0.1, 0.15) is 52.9 Å². The van der Waals surface area contributed by atoms with Crippen molar-refractivity contribution in [3.63, 3.8) is 0 Å². The number of fused-ring (bicyclic) bond motifs is 3. The number of hydrogen-bond donors (Lipinski definition) is 2. The van der Waals surface area contributed by atoms with Crippen molar-refractivity contribution in [3.8, 4) is 0 Å². The number of aliphatic carboxylic acids is 1. The van der Waals surface area contributed by atoms with E-state index in [1.54, 1.807) is 13.0 Å². The first-order valence-corrected chi connectivity index (χ1v) is 12.2. The summed E-state index contributed by atoms with van der Waals surface area (Å²) in [5, 5.41) is 20.7. The van der Waals surface area contributed by atoms with Gasteiger partial charge in [-0.05, 0) is 67.6 Å². The number of carbonyl (C=O) groups excluding carboxylic acids is 2. The van der Waals surface area contributed by atoms with E-state index < -0.39 is 45.9 Å². The Hall–Kier alpha value is -1.57. The lowest BCUT2D eigenvalue weighted by Crippen LogP contribution is -2.62. The molecule has 0 bridgehead atoms. The molecule has 4 fully saturated rings. The number of carboxylic acids is 1. The van der Waals surface area contributed by atoms with E-state index in [0.717, 1.165) is 0 Å². The molecule has 1 spiro atoms. The van der Waals surface area contributed by atoms with Gasteiger partial charge in [0.25, 0.3) is 0 Å². The van der Waals surface area contributed by atoms with Crippen LogP contribution in [0, 0.1) is 28.6 Å². The number of carboxylic acid groups (broad SMARTS) is 1. The summed E-state index contributed by atoms with van der Waals surface area (Å²) < 4.78 is 22.1. The molecule has 0 amide bonds. The lowest BCUT2D eigenvalue weighted by molar-refractivity contribution is -0.155. The Labute approximate surface area is 197 Å². The van der Waals surface area contributed by atoms with E-state index in [1.165, 1.54) is 6.08 Å². The van der Waals surface area contributed by atoms with Gasteiger partial charge in [0.05, 0.1) is 18.4 Å². The molecule has 180 valence electrons. The van der Waals surface area contributed by atoms with Gasteiger partial charge in [0.1, 0.15) is 17.4 Å². The number of hydrogen-bond acceptors (Lipinski definition) is 5. The highest BCUT2D eigenvalue weighted by molar-refractivity contribution is 6.29. The van der Waals surface area contributed by atoms with Crippen molar-refractivity contribution in [2.24, 2.45) is 28.6 Å². The number of halogens is 2. The Morgan fingerprint density at radius 3 is 2.67 bits per heavy atom. The molecule has 1 heterocycles. The molecule has 0 aromatic heterocycles. The van der Waals surface area contributed by atoms with Gasteiger partial charge in [-0.1, -0.05) is 19.9 Å². The molecule has 0 aromatic rings. The largest absolute Gasteiger partial charge is 0.481 e. The van der Waals surface area contributed by atoms with E-state index in [-0.39, 0.29) is 42.4 Å². The first kappa shape index (κ1) is 23.2. The molecule has 3 unspecified atom stereocenters. The van der Waals surface area contributed by atoms with Crippen LogP contribution in [0.3, 0.4) is 0 Å². The van der Waals surface area contributed by atoms with Crippen LogP contribution >= 0.6 is 11.6 Å². The maximum absolute atomic E-state index is 15.7. The van der Waals surface area contributed by atoms with E-state index in [2.05, 4.69) is 0 Å². The third-order valence-corrected chi connectivity index (χ3v) is 10.0. The van der Waals surface area contributed by atoms with Gasteiger partial charge < -0.3 is 14.9 Å². The molecule has 1 aliphatic heterocycles. The number of Topliss-reactive ketones (excluding diaryl/α,β-unsaturated/α-hetero) is 1. The molecule has 0 aromatic carbocycles. The van der Waals surface area contributed by atoms with Gasteiger partial charge >= 0.3 is 5.97 Å². The highest BCUT2D eigenvalue weighted by Crippen LogP contribution is 2.76. The molecule has 1 saturated heterocycles. The van der Waals surface area contributed by atoms with Crippen LogP contribution in [0.4, 0.5) is 4.39 Å². The Morgan fingerprint density at radius 1 is 1.33 bits per heavy atom. The third-order valence-electron chi connectivity index (χ3n) is 9.80. The van der Waals surface area contributed by atoms with Gasteiger partial charge in [0, 0.05) is 10.8 Å². The summed E-state index contributed by atoms with van der Waals surface area (Å²) in [6.45, 7) is 5.50. The topological polar surface area (TPSA) is 104 Å². The van der Waals surface area contributed by atoms with Crippen LogP contribution < -0.4 is 0 Å². The molecule has 5 aliphatic rings. The van der Waals surface area contributed by atoms with Crippen molar-refractivity contribution in [2.45, 2.75) is 76.4 Å². The van der Waals surface area contributed by atoms with E-state index in [1.807, 2.05) is 13.8 Å². The summed E-state index contributed by atoms with van der Waals surface area (Å²) in [4.78, 5) is 36.8. The number of rotatable bonds is 5. The number of ether oxygens (including phenoxy) is 1. The zero-order chi connectivity index (χ0) is 24.1. The van der Waals surface area contributed by atoms with Crippen LogP contribution in [0.15, 0.2) is 23.3 Å². The molecule has 2 N–H and O–H groups in total. The van der Waals surface area contributed by atoms with Crippen molar-refractivity contribution in [1.82, 2.24) is 0 Å². The second kappa shape index (κ2) is 6.98. The lowest BCUT2D eigenvalue weighted by atomic mass is 9.46. The molecule has 9 atom stereocenters. The van der Waals surface area contributed by atoms with E-state index in [0.29, 0.717) is 30.4 Å². The van der Waals surface area contributed by atoms with Crippen LogP contribution in [-0.4, -0.2) is 57.1 Å². The number of allylic oxidation sites excluding steroid dienone is 2. The highest BCUT2D eigenvalue weighted by atomic mass is 35.5. The van der Waals surface area contributed by atoms with Crippen LogP contribution in [0.25, 0.3) is 0 Å². The monoisotopic (exact) mass is 480 g/mol. The Balaban J connectivity index is 1.58. The lowest BCUT2D eigenvalue weighted by Gasteiger charge is -2.56. The average molecular weight is 481 g/mol. The van der Waals surface area contributed by atoms with Gasteiger partial charge in [-0.2, -0.15) is 0 Å². The fourth-order valence-electron chi connectivity index (χ4n) is 8.10. The zero-order valence-corrected chi connectivity index (χ0v) is 19.8. The van der Waals surface area contributed by atoms with Crippen molar-refractivity contribution in [3.05, 3.63) is 23.3 Å². The van der Waals surface area contributed by atoms with Gasteiger partial charge in [0.2, 0.25) is 0 Å². The van der Waals surface area contributed by atoms with Gasteiger partial charge in [0.15, 0.2) is 11.6 Å². The quantitative estimate of drug-likeness (QED) is 0.461. The molecule has 3 saturated carbocycles. The van der Waals surface area contributed by atoms with Gasteiger partial charge in [-0.3, -0.25) is 14.4 Å². The highest BCUT2D eigenvalue weighted by Gasteiger charge is 2.82. The second-order valence-electron chi connectivity index (χ2n) is 11.2. The van der Waals surface area contributed by atoms with E-state index >= 15 is 4.39 Å². The minimum atomic E-state index is -1.56. The van der Waals surface area contributed by atoms with E-state index in [9.17, 15) is 24.6 Å². The van der Waals surface area contributed by atoms with Crippen LogP contribution in [0.5, 0.6) is 0 Å². The summed E-state index contributed by atoms with van der Waals surface area (Å²) in [5.41, 5.74) is -3.16. The first-order chi connectivity index (χ1) is 15.4. The minimum absolute atomic E-state index is 0.129. The van der Waals surface area contributed by atoms with Crippen molar-refractivity contribution in [2.75, 3.05) is 5.88 Å². The maximum atomic E-state index is 15.7. The minimum Gasteiger partial charge on any atom is -0.481 e.